The van der Waals surface area contributed by atoms with Gasteiger partial charge in [0.1, 0.15) is 19.0 Å². The molecule has 1 N–H and O–H groups in total. The van der Waals surface area contributed by atoms with Crippen molar-refractivity contribution in [2.24, 2.45) is 10.1 Å². The lowest BCUT2D eigenvalue weighted by Crippen LogP contribution is -2.35. The smallest absolute Gasteiger partial charge is 0.283 e. The SMILES string of the molecule is CCOc1cc(/C=C2/C(=N)N3N=C(S(C)(=O)=O)SC3=NC2=O)ccc1OCCOc1ccc(C)cc1C. The van der Waals surface area contributed by atoms with Gasteiger partial charge in [0.15, 0.2) is 17.3 Å². The molecule has 0 atom stereocenters. The summed E-state index contributed by atoms with van der Waals surface area (Å²) in [6, 6.07) is 11.1. The number of amidine groups is 2. The third-order valence-electron chi connectivity index (χ3n) is 5.26. The van der Waals surface area contributed by atoms with E-state index in [9.17, 15) is 13.2 Å². The first-order valence-corrected chi connectivity index (χ1v) is 14.1. The van der Waals surface area contributed by atoms with Gasteiger partial charge in [-0.25, -0.2) is 8.42 Å². The fraction of sp³-hybridized carbons (Fsp3) is 0.280. The van der Waals surface area contributed by atoms with Crippen molar-refractivity contribution in [1.29, 1.82) is 5.41 Å². The molecular weight excluding hydrogens is 516 g/mol. The van der Waals surface area contributed by atoms with Crippen LogP contribution in [0.25, 0.3) is 6.08 Å². The Bertz CT molecular complexity index is 1460. The van der Waals surface area contributed by atoms with Crippen LogP contribution in [0.5, 0.6) is 17.2 Å². The first-order chi connectivity index (χ1) is 17.6. The maximum atomic E-state index is 12.6. The van der Waals surface area contributed by atoms with Crippen molar-refractivity contribution >= 4 is 49.0 Å². The van der Waals surface area contributed by atoms with Gasteiger partial charge in [-0.15, -0.1) is 5.10 Å². The zero-order valence-corrected chi connectivity index (χ0v) is 22.4. The average Bonchev–Trinajstić information content (AvgIpc) is 3.27. The number of aryl methyl sites for hydroxylation is 2. The predicted octanol–water partition coefficient (Wildman–Crippen LogP) is 3.78. The Balaban J connectivity index is 1.48. The summed E-state index contributed by atoms with van der Waals surface area (Å²) in [5, 5.41) is 13.4. The predicted molar refractivity (Wildman–Crippen MR) is 144 cm³/mol. The topological polar surface area (TPSA) is 131 Å². The van der Waals surface area contributed by atoms with Gasteiger partial charge < -0.3 is 14.2 Å². The van der Waals surface area contributed by atoms with Gasteiger partial charge in [-0.3, -0.25) is 10.2 Å². The molecule has 2 aliphatic rings. The Morgan fingerprint density at radius 2 is 1.73 bits per heavy atom. The van der Waals surface area contributed by atoms with Crippen molar-refractivity contribution in [2.75, 3.05) is 26.1 Å². The zero-order chi connectivity index (χ0) is 26.7. The fourth-order valence-corrected chi connectivity index (χ4v) is 5.24. The van der Waals surface area contributed by atoms with E-state index >= 15 is 0 Å². The normalized spacial score (nSPS) is 16.4. The van der Waals surface area contributed by atoms with Crippen LogP contribution in [0.2, 0.25) is 0 Å². The van der Waals surface area contributed by atoms with Crippen molar-refractivity contribution in [2.45, 2.75) is 20.8 Å². The van der Waals surface area contributed by atoms with E-state index in [1.807, 2.05) is 32.9 Å². The summed E-state index contributed by atoms with van der Waals surface area (Å²) in [7, 11) is -3.60. The first kappa shape index (κ1) is 26.4. The molecule has 2 aromatic carbocycles. The van der Waals surface area contributed by atoms with Crippen LogP contribution in [0, 0.1) is 19.3 Å². The van der Waals surface area contributed by atoms with Gasteiger partial charge in [0.25, 0.3) is 5.91 Å². The molecule has 0 radical (unpaired) electrons. The number of carbonyl (C=O) groups is 1. The highest BCUT2D eigenvalue weighted by molar-refractivity contribution is 8.42. The summed E-state index contributed by atoms with van der Waals surface area (Å²) in [6.45, 7) is 6.90. The van der Waals surface area contributed by atoms with Crippen LogP contribution in [-0.2, 0) is 14.6 Å². The molecule has 10 nitrogen and oxygen atoms in total. The number of nitrogens with one attached hydrogen (secondary N) is 1. The molecule has 1 amide bonds. The molecular formula is C25H26N4O6S2. The van der Waals surface area contributed by atoms with Gasteiger partial charge >= 0.3 is 0 Å². The lowest BCUT2D eigenvalue weighted by molar-refractivity contribution is -0.114. The molecule has 2 heterocycles. The lowest BCUT2D eigenvalue weighted by Gasteiger charge is -2.20. The fourth-order valence-electron chi connectivity index (χ4n) is 3.56. The molecule has 0 aromatic heterocycles. The second-order valence-electron chi connectivity index (χ2n) is 8.26. The summed E-state index contributed by atoms with van der Waals surface area (Å²) in [5.41, 5.74) is 2.77. The van der Waals surface area contributed by atoms with Crippen molar-refractivity contribution < 1.29 is 27.4 Å². The minimum absolute atomic E-state index is 0.0270. The molecule has 0 aliphatic carbocycles. The Morgan fingerprint density at radius 1 is 1.03 bits per heavy atom. The molecule has 2 aliphatic heterocycles. The first-order valence-electron chi connectivity index (χ1n) is 11.4. The van der Waals surface area contributed by atoms with E-state index in [0.29, 0.717) is 36.9 Å². The van der Waals surface area contributed by atoms with Crippen LogP contribution in [0.3, 0.4) is 0 Å². The maximum Gasteiger partial charge on any atom is 0.283 e. The molecule has 12 heteroatoms. The van der Waals surface area contributed by atoms with Crippen molar-refractivity contribution in [3.63, 3.8) is 0 Å². The second kappa shape index (κ2) is 10.8. The molecule has 194 valence electrons. The van der Waals surface area contributed by atoms with Gasteiger partial charge in [0.05, 0.1) is 12.2 Å². The van der Waals surface area contributed by atoms with Crippen LogP contribution in [0.15, 0.2) is 52.1 Å². The highest BCUT2D eigenvalue weighted by Gasteiger charge is 2.38. The third kappa shape index (κ3) is 6.03. The van der Waals surface area contributed by atoms with Crippen LogP contribution >= 0.6 is 11.8 Å². The number of ether oxygens (including phenoxy) is 3. The van der Waals surface area contributed by atoms with Gasteiger partial charge in [0.2, 0.25) is 19.4 Å². The van der Waals surface area contributed by atoms with Crippen LogP contribution < -0.4 is 14.2 Å². The highest BCUT2D eigenvalue weighted by Crippen LogP contribution is 2.32. The number of aliphatic imine (C=N–C) groups is 1. The third-order valence-corrected chi connectivity index (χ3v) is 7.84. The van der Waals surface area contributed by atoms with Gasteiger partial charge in [-0.05, 0) is 67.9 Å². The van der Waals surface area contributed by atoms with E-state index in [4.69, 9.17) is 19.6 Å². The Labute approximate surface area is 219 Å². The quantitative estimate of drug-likeness (QED) is 0.394. The van der Waals surface area contributed by atoms with E-state index in [1.54, 1.807) is 18.2 Å². The monoisotopic (exact) mass is 542 g/mol. The van der Waals surface area contributed by atoms with Crippen molar-refractivity contribution in [3.05, 3.63) is 58.7 Å². The zero-order valence-electron chi connectivity index (χ0n) is 20.8. The number of benzene rings is 2. The van der Waals surface area contributed by atoms with Crippen molar-refractivity contribution in [1.82, 2.24) is 5.01 Å². The number of carbonyl (C=O) groups excluding carboxylic acids is 1. The number of hydrogen-bond donors (Lipinski definition) is 1. The van der Waals surface area contributed by atoms with E-state index in [2.05, 4.69) is 16.2 Å². The van der Waals surface area contributed by atoms with E-state index in [1.165, 1.54) is 11.6 Å². The van der Waals surface area contributed by atoms with E-state index in [-0.39, 0.29) is 21.0 Å². The van der Waals surface area contributed by atoms with Gasteiger partial charge in [-0.1, -0.05) is 23.8 Å². The van der Waals surface area contributed by atoms with Crippen LogP contribution in [0.4, 0.5) is 0 Å². The number of thioether (sulfide) groups is 1. The number of hydrogen-bond acceptors (Lipinski definition) is 9. The largest absolute Gasteiger partial charge is 0.490 e. The minimum Gasteiger partial charge on any atom is -0.490 e. The molecule has 2 aromatic rings. The van der Waals surface area contributed by atoms with Gasteiger partial charge in [0, 0.05) is 6.26 Å². The molecule has 4 rings (SSSR count). The summed E-state index contributed by atoms with van der Waals surface area (Å²) < 4.78 is 40.9. The standard InChI is InChI=1S/C25H26N4O6S2/c1-5-33-21-14-17(7-9-20(21)35-11-10-34-19-8-6-15(2)12-16(19)3)13-18-22(26)29-24(27-23(18)30)36-25(28-29)37(4,31)32/h6-9,12-14,26H,5,10-11H2,1-4H3/b18-13-,26-22?. The number of sulfone groups is 1. The Kier molecular flexibility index (Phi) is 7.69. The summed E-state index contributed by atoms with van der Waals surface area (Å²) in [5.74, 6) is 0.864. The summed E-state index contributed by atoms with van der Waals surface area (Å²) in [6.07, 6.45) is 2.49. The molecule has 0 unspecified atom stereocenters. The average molecular weight is 543 g/mol. The Morgan fingerprint density at radius 3 is 2.41 bits per heavy atom. The van der Waals surface area contributed by atoms with Crippen molar-refractivity contribution in [3.8, 4) is 17.2 Å². The molecule has 0 saturated carbocycles. The van der Waals surface area contributed by atoms with Gasteiger partial charge in [-0.2, -0.15) is 10.0 Å². The molecule has 0 spiro atoms. The van der Waals surface area contributed by atoms with Crippen LogP contribution in [0.1, 0.15) is 23.6 Å². The summed E-state index contributed by atoms with van der Waals surface area (Å²) >= 11 is 0.740. The number of fused-ring (bicyclic) bond motifs is 1. The number of hydrazone groups is 1. The molecule has 37 heavy (non-hydrogen) atoms. The van der Waals surface area contributed by atoms with Crippen LogP contribution in [-0.4, -0.2) is 60.8 Å². The lowest BCUT2D eigenvalue weighted by atomic mass is 10.1. The Hall–Kier alpha value is -3.64. The second-order valence-corrected chi connectivity index (χ2v) is 11.4. The van der Waals surface area contributed by atoms with E-state index in [0.717, 1.165) is 34.3 Å². The minimum atomic E-state index is -3.60. The molecule has 0 fully saturated rings. The number of rotatable bonds is 8. The summed E-state index contributed by atoms with van der Waals surface area (Å²) in [4.78, 5) is 16.5. The molecule has 0 saturated heterocycles. The van der Waals surface area contributed by atoms with E-state index < -0.39 is 15.7 Å². The molecule has 0 bridgehead atoms. The maximum absolute atomic E-state index is 12.6. The number of nitrogens with zero attached hydrogens (tertiary/aromatic N) is 3. The highest BCUT2D eigenvalue weighted by atomic mass is 32.3. The number of amides is 1.